The van der Waals surface area contributed by atoms with Gasteiger partial charge in [-0.2, -0.15) is 0 Å². The molecule has 1 saturated heterocycles. The van der Waals surface area contributed by atoms with Gasteiger partial charge in [0.1, 0.15) is 11.5 Å². The molecule has 1 fully saturated rings. The average molecular weight is 296 g/mol. The minimum absolute atomic E-state index is 0.166. The first-order valence-electron chi connectivity index (χ1n) is 6.88. The van der Waals surface area contributed by atoms with Crippen molar-refractivity contribution in [3.63, 3.8) is 0 Å². The van der Waals surface area contributed by atoms with Crippen LogP contribution in [0.4, 0.5) is 15.8 Å². The topological polar surface area (TPSA) is 72.7 Å². The van der Waals surface area contributed by atoms with E-state index < -0.39 is 10.7 Å². The number of carbonyl (C=O) groups excluding carboxylic acids is 1. The largest absolute Gasteiger partial charge is 0.466 e. The van der Waals surface area contributed by atoms with Crippen LogP contribution in [0.2, 0.25) is 0 Å². The fourth-order valence-corrected chi connectivity index (χ4v) is 2.53. The minimum atomic E-state index is -0.633. The van der Waals surface area contributed by atoms with Gasteiger partial charge in [-0.3, -0.25) is 14.9 Å². The molecule has 0 N–H and O–H groups in total. The van der Waals surface area contributed by atoms with Crippen LogP contribution in [0.3, 0.4) is 0 Å². The lowest BCUT2D eigenvalue weighted by atomic mass is 9.96. The first-order valence-corrected chi connectivity index (χ1v) is 6.88. The molecule has 0 aliphatic carbocycles. The highest BCUT2D eigenvalue weighted by atomic mass is 19.1. The van der Waals surface area contributed by atoms with E-state index in [1.54, 1.807) is 6.92 Å². The van der Waals surface area contributed by atoms with Gasteiger partial charge < -0.3 is 9.64 Å². The molecular weight excluding hydrogens is 279 g/mol. The van der Waals surface area contributed by atoms with Crippen molar-refractivity contribution in [2.24, 2.45) is 5.92 Å². The number of nitrogens with zero attached hydrogens (tertiary/aromatic N) is 2. The monoisotopic (exact) mass is 296 g/mol. The Morgan fingerprint density at radius 2 is 2.14 bits per heavy atom. The number of benzene rings is 1. The zero-order chi connectivity index (χ0) is 15.4. The number of rotatable bonds is 4. The summed E-state index contributed by atoms with van der Waals surface area (Å²) >= 11 is 0. The number of carbonyl (C=O) groups is 1. The number of esters is 1. The fraction of sp³-hybridized carbons (Fsp3) is 0.500. The summed E-state index contributed by atoms with van der Waals surface area (Å²) in [4.78, 5) is 23.9. The predicted molar refractivity (Wildman–Crippen MR) is 74.6 cm³/mol. The first-order chi connectivity index (χ1) is 10.0. The number of hydrogen-bond donors (Lipinski definition) is 0. The second-order valence-electron chi connectivity index (χ2n) is 4.90. The van der Waals surface area contributed by atoms with Gasteiger partial charge in [-0.1, -0.05) is 0 Å². The van der Waals surface area contributed by atoms with Crippen LogP contribution in [0.5, 0.6) is 0 Å². The molecule has 1 aliphatic heterocycles. The van der Waals surface area contributed by atoms with Crippen LogP contribution in [-0.2, 0) is 9.53 Å². The molecule has 1 aromatic carbocycles. The summed E-state index contributed by atoms with van der Waals surface area (Å²) in [6.45, 7) is 3.13. The lowest BCUT2D eigenvalue weighted by molar-refractivity contribution is -0.384. The molecule has 7 heteroatoms. The van der Waals surface area contributed by atoms with E-state index in [0.29, 0.717) is 38.2 Å². The van der Waals surface area contributed by atoms with Gasteiger partial charge in [0.2, 0.25) is 0 Å². The fourth-order valence-electron chi connectivity index (χ4n) is 2.53. The molecule has 1 aliphatic rings. The number of hydrogen-bond acceptors (Lipinski definition) is 5. The van der Waals surface area contributed by atoms with E-state index >= 15 is 0 Å². The van der Waals surface area contributed by atoms with Crippen molar-refractivity contribution in [3.8, 4) is 0 Å². The van der Waals surface area contributed by atoms with Crippen LogP contribution in [-0.4, -0.2) is 30.6 Å². The molecule has 0 bridgehead atoms. The van der Waals surface area contributed by atoms with E-state index in [2.05, 4.69) is 0 Å². The molecule has 1 heterocycles. The van der Waals surface area contributed by atoms with E-state index in [0.717, 1.165) is 6.07 Å². The molecule has 0 radical (unpaired) electrons. The molecule has 1 aromatic rings. The van der Waals surface area contributed by atoms with E-state index in [-0.39, 0.29) is 17.6 Å². The van der Waals surface area contributed by atoms with Crippen LogP contribution >= 0.6 is 0 Å². The summed E-state index contributed by atoms with van der Waals surface area (Å²) in [5.41, 5.74) is 0.147. The number of anilines is 1. The van der Waals surface area contributed by atoms with Crippen molar-refractivity contribution >= 4 is 17.3 Å². The summed E-state index contributed by atoms with van der Waals surface area (Å²) in [5, 5.41) is 11.0. The number of piperidine rings is 1. The molecule has 0 saturated carbocycles. The second kappa shape index (κ2) is 6.51. The van der Waals surface area contributed by atoms with Crippen LogP contribution in [0.15, 0.2) is 18.2 Å². The maximum absolute atomic E-state index is 13.1. The lowest BCUT2D eigenvalue weighted by Gasteiger charge is -2.32. The third kappa shape index (κ3) is 3.48. The summed E-state index contributed by atoms with van der Waals surface area (Å²) < 4.78 is 18.1. The number of nitro benzene ring substituents is 1. The molecule has 0 spiro atoms. The maximum Gasteiger partial charge on any atom is 0.309 e. The van der Waals surface area contributed by atoms with Gasteiger partial charge in [-0.15, -0.1) is 0 Å². The summed E-state index contributed by atoms with van der Waals surface area (Å²) in [5.74, 6) is -1.02. The lowest BCUT2D eigenvalue weighted by Crippen LogP contribution is -2.37. The van der Waals surface area contributed by atoms with Gasteiger partial charge in [0, 0.05) is 13.1 Å². The Labute approximate surface area is 121 Å². The van der Waals surface area contributed by atoms with Gasteiger partial charge in [0.15, 0.2) is 0 Å². The molecule has 2 rings (SSSR count). The smallest absolute Gasteiger partial charge is 0.309 e. The zero-order valence-electron chi connectivity index (χ0n) is 11.8. The Morgan fingerprint density at radius 1 is 1.48 bits per heavy atom. The van der Waals surface area contributed by atoms with E-state index in [1.807, 2.05) is 4.90 Å². The standard InChI is InChI=1S/C14H17FN2O4/c1-2-21-14(18)10-5-7-16(8-6-10)12-4-3-11(15)9-13(12)17(19)20/h3-4,9-10H,2,5-8H2,1H3. The molecule has 0 atom stereocenters. The predicted octanol–water partition coefficient (Wildman–Crippen LogP) is 2.51. The number of ether oxygens (including phenoxy) is 1. The second-order valence-corrected chi connectivity index (χ2v) is 4.90. The van der Waals surface area contributed by atoms with Gasteiger partial charge in [0.05, 0.1) is 23.5 Å². The first kappa shape index (κ1) is 15.2. The van der Waals surface area contributed by atoms with Gasteiger partial charge in [-0.05, 0) is 31.9 Å². The quantitative estimate of drug-likeness (QED) is 0.485. The van der Waals surface area contributed by atoms with Crippen molar-refractivity contribution in [1.82, 2.24) is 0 Å². The Bertz CT molecular complexity index is 542. The Balaban J connectivity index is 2.09. The average Bonchev–Trinajstić information content (AvgIpc) is 2.47. The highest BCUT2D eigenvalue weighted by molar-refractivity contribution is 5.73. The molecule has 21 heavy (non-hydrogen) atoms. The third-order valence-electron chi connectivity index (χ3n) is 3.59. The molecular formula is C14H17FN2O4. The van der Waals surface area contributed by atoms with E-state index in [1.165, 1.54) is 12.1 Å². The SMILES string of the molecule is CCOC(=O)C1CCN(c2ccc(F)cc2[N+](=O)[O-])CC1. The van der Waals surface area contributed by atoms with Gasteiger partial charge >= 0.3 is 5.97 Å². The molecule has 0 unspecified atom stereocenters. The van der Waals surface area contributed by atoms with Crippen LogP contribution in [0.1, 0.15) is 19.8 Å². The number of halogens is 1. The molecule has 0 amide bonds. The zero-order valence-corrected chi connectivity index (χ0v) is 11.8. The maximum atomic E-state index is 13.1. The van der Waals surface area contributed by atoms with Crippen molar-refractivity contribution in [3.05, 3.63) is 34.1 Å². The summed E-state index contributed by atoms with van der Waals surface area (Å²) in [7, 11) is 0. The molecule has 0 aromatic heterocycles. The van der Waals surface area contributed by atoms with Gasteiger partial charge in [0.25, 0.3) is 5.69 Å². The van der Waals surface area contributed by atoms with Crippen molar-refractivity contribution in [2.45, 2.75) is 19.8 Å². The summed E-state index contributed by atoms with van der Waals surface area (Å²) in [6, 6.07) is 3.55. The number of nitro groups is 1. The van der Waals surface area contributed by atoms with Crippen molar-refractivity contribution < 1.29 is 18.8 Å². The normalized spacial score (nSPS) is 15.8. The Hall–Kier alpha value is -2.18. The summed E-state index contributed by atoms with van der Waals surface area (Å²) in [6.07, 6.45) is 1.15. The van der Waals surface area contributed by atoms with E-state index in [4.69, 9.17) is 4.74 Å². The van der Waals surface area contributed by atoms with Crippen LogP contribution in [0.25, 0.3) is 0 Å². The van der Waals surface area contributed by atoms with Crippen LogP contribution in [0, 0.1) is 21.8 Å². The molecule has 114 valence electrons. The third-order valence-corrected chi connectivity index (χ3v) is 3.59. The van der Waals surface area contributed by atoms with E-state index in [9.17, 15) is 19.3 Å². The van der Waals surface area contributed by atoms with Crippen molar-refractivity contribution in [2.75, 3.05) is 24.6 Å². The highest BCUT2D eigenvalue weighted by Crippen LogP contribution is 2.32. The Morgan fingerprint density at radius 3 is 2.71 bits per heavy atom. The van der Waals surface area contributed by atoms with Crippen LogP contribution < -0.4 is 4.90 Å². The minimum Gasteiger partial charge on any atom is -0.466 e. The highest BCUT2D eigenvalue weighted by Gasteiger charge is 2.29. The molecule has 6 nitrogen and oxygen atoms in total. The van der Waals surface area contributed by atoms with Gasteiger partial charge in [-0.25, -0.2) is 4.39 Å². The Kier molecular flexibility index (Phi) is 4.72. The van der Waals surface area contributed by atoms with Crippen molar-refractivity contribution in [1.29, 1.82) is 0 Å².